The van der Waals surface area contributed by atoms with Gasteiger partial charge in [-0.15, -0.1) is 0 Å². The average molecular weight is 296 g/mol. The van der Waals surface area contributed by atoms with Gasteiger partial charge in [0, 0.05) is 19.1 Å². The predicted octanol–water partition coefficient (Wildman–Crippen LogP) is 1.96. The molecule has 1 amide bonds. The summed E-state index contributed by atoms with van der Waals surface area (Å²) in [7, 11) is 0. The zero-order valence-electron chi connectivity index (χ0n) is 13.1. The minimum atomic E-state index is -0.721. The van der Waals surface area contributed by atoms with Crippen LogP contribution >= 0.6 is 0 Å². The lowest BCUT2D eigenvalue weighted by atomic mass is 9.96. The molecule has 2 aliphatic rings. The summed E-state index contributed by atoms with van der Waals surface area (Å²) in [5.74, 6) is -0.806. The van der Waals surface area contributed by atoms with Crippen LogP contribution in [0.15, 0.2) is 0 Å². The second-order valence-electron chi connectivity index (χ2n) is 6.40. The molecule has 0 bridgehead atoms. The second-order valence-corrected chi connectivity index (χ2v) is 6.40. The van der Waals surface area contributed by atoms with E-state index >= 15 is 0 Å². The molecule has 0 aromatic carbocycles. The van der Waals surface area contributed by atoms with Crippen LogP contribution in [0, 0.1) is 5.92 Å². The van der Waals surface area contributed by atoms with Crippen molar-refractivity contribution in [1.29, 1.82) is 0 Å². The summed E-state index contributed by atoms with van der Waals surface area (Å²) in [6, 6.07) is 0.559. The van der Waals surface area contributed by atoms with E-state index in [2.05, 4.69) is 11.8 Å². The van der Waals surface area contributed by atoms with Crippen LogP contribution in [-0.2, 0) is 9.59 Å². The topological polar surface area (TPSA) is 60.9 Å². The third-order valence-corrected chi connectivity index (χ3v) is 4.91. The number of amides is 1. The number of rotatable bonds is 5. The highest BCUT2D eigenvalue weighted by Crippen LogP contribution is 2.22. The van der Waals surface area contributed by atoms with Gasteiger partial charge in [0.1, 0.15) is 0 Å². The Morgan fingerprint density at radius 2 is 1.81 bits per heavy atom. The Balaban J connectivity index is 1.82. The minimum absolute atomic E-state index is 0.182. The molecule has 2 rings (SSSR count). The fourth-order valence-electron chi connectivity index (χ4n) is 3.58. The van der Waals surface area contributed by atoms with Crippen molar-refractivity contribution in [2.24, 2.45) is 5.92 Å². The van der Waals surface area contributed by atoms with Crippen LogP contribution in [0.25, 0.3) is 0 Å². The summed E-state index contributed by atoms with van der Waals surface area (Å²) in [6.45, 7) is 4.94. The fraction of sp³-hybridized carbons (Fsp3) is 0.875. The predicted molar refractivity (Wildman–Crippen MR) is 81.1 cm³/mol. The van der Waals surface area contributed by atoms with Gasteiger partial charge in [0.05, 0.1) is 12.5 Å². The highest BCUT2D eigenvalue weighted by molar-refractivity contribution is 5.79. The molecule has 0 radical (unpaired) electrons. The van der Waals surface area contributed by atoms with Crippen molar-refractivity contribution in [1.82, 2.24) is 9.80 Å². The van der Waals surface area contributed by atoms with E-state index in [1.165, 1.54) is 32.1 Å². The molecular formula is C16H28N2O3. The SMILES string of the molecule is CCCC1CCCCN1CC(=O)N1CCC(C(=O)O)CC1. The van der Waals surface area contributed by atoms with E-state index in [9.17, 15) is 9.59 Å². The lowest BCUT2D eigenvalue weighted by Crippen LogP contribution is -2.49. The first kappa shape index (κ1) is 16.3. The van der Waals surface area contributed by atoms with Crippen molar-refractivity contribution >= 4 is 11.9 Å². The van der Waals surface area contributed by atoms with Gasteiger partial charge in [0.15, 0.2) is 0 Å². The normalized spacial score (nSPS) is 25.0. The van der Waals surface area contributed by atoms with E-state index in [0.29, 0.717) is 38.5 Å². The maximum atomic E-state index is 12.4. The third-order valence-electron chi connectivity index (χ3n) is 4.91. The first-order valence-electron chi connectivity index (χ1n) is 8.36. The summed E-state index contributed by atoms with van der Waals surface area (Å²) in [6.07, 6.45) is 7.21. The molecule has 2 heterocycles. The molecule has 5 nitrogen and oxygen atoms in total. The number of likely N-dealkylation sites (tertiary alicyclic amines) is 2. The van der Waals surface area contributed by atoms with Crippen LogP contribution in [0.1, 0.15) is 51.9 Å². The fourth-order valence-corrected chi connectivity index (χ4v) is 3.58. The van der Waals surface area contributed by atoms with E-state index in [0.717, 1.165) is 6.54 Å². The maximum Gasteiger partial charge on any atom is 0.306 e. The van der Waals surface area contributed by atoms with Gasteiger partial charge in [0.2, 0.25) is 5.91 Å². The lowest BCUT2D eigenvalue weighted by molar-refractivity contribution is -0.146. The van der Waals surface area contributed by atoms with Gasteiger partial charge < -0.3 is 10.0 Å². The molecule has 1 atom stereocenters. The molecule has 0 aliphatic carbocycles. The lowest BCUT2D eigenvalue weighted by Gasteiger charge is -2.37. The van der Waals surface area contributed by atoms with Gasteiger partial charge in [-0.2, -0.15) is 0 Å². The van der Waals surface area contributed by atoms with Crippen molar-refractivity contribution in [2.45, 2.75) is 57.9 Å². The third kappa shape index (κ3) is 4.43. The van der Waals surface area contributed by atoms with E-state index in [-0.39, 0.29) is 11.8 Å². The van der Waals surface area contributed by atoms with E-state index in [4.69, 9.17) is 5.11 Å². The Morgan fingerprint density at radius 3 is 2.43 bits per heavy atom. The summed E-state index contributed by atoms with van der Waals surface area (Å²) in [4.78, 5) is 27.6. The summed E-state index contributed by atoms with van der Waals surface area (Å²) in [5, 5.41) is 9.01. The zero-order valence-corrected chi connectivity index (χ0v) is 13.1. The van der Waals surface area contributed by atoms with Crippen molar-refractivity contribution in [3.8, 4) is 0 Å². The molecular weight excluding hydrogens is 268 g/mol. The molecule has 0 spiro atoms. The molecule has 0 aromatic heterocycles. The number of hydrogen-bond donors (Lipinski definition) is 1. The van der Waals surface area contributed by atoms with Crippen LogP contribution in [0.4, 0.5) is 0 Å². The first-order valence-corrected chi connectivity index (χ1v) is 8.36. The van der Waals surface area contributed by atoms with Crippen LogP contribution < -0.4 is 0 Å². The number of carbonyl (C=O) groups is 2. The van der Waals surface area contributed by atoms with E-state index < -0.39 is 5.97 Å². The number of carboxylic acids is 1. The maximum absolute atomic E-state index is 12.4. The quantitative estimate of drug-likeness (QED) is 0.842. The first-order chi connectivity index (χ1) is 10.1. The Morgan fingerprint density at radius 1 is 1.10 bits per heavy atom. The van der Waals surface area contributed by atoms with Crippen LogP contribution in [0.3, 0.4) is 0 Å². The smallest absolute Gasteiger partial charge is 0.306 e. The molecule has 1 unspecified atom stereocenters. The standard InChI is InChI=1S/C16H28N2O3/c1-2-5-14-6-3-4-9-18(14)12-15(19)17-10-7-13(8-11-17)16(20)21/h13-14H,2-12H2,1H3,(H,20,21). The van der Waals surface area contributed by atoms with Gasteiger partial charge >= 0.3 is 5.97 Å². The van der Waals surface area contributed by atoms with Crippen LogP contribution in [0.5, 0.6) is 0 Å². The molecule has 120 valence electrons. The average Bonchev–Trinajstić information content (AvgIpc) is 2.49. The van der Waals surface area contributed by atoms with Crippen molar-refractivity contribution in [2.75, 3.05) is 26.2 Å². The second kappa shape index (κ2) is 7.78. The van der Waals surface area contributed by atoms with Gasteiger partial charge in [-0.25, -0.2) is 0 Å². The highest BCUT2D eigenvalue weighted by atomic mass is 16.4. The van der Waals surface area contributed by atoms with Crippen molar-refractivity contribution in [3.63, 3.8) is 0 Å². The van der Waals surface area contributed by atoms with Gasteiger partial charge in [-0.3, -0.25) is 14.5 Å². The Bertz CT molecular complexity index is 363. The Hall–Kier alpha value is -1.10. The molecule has 21 heavy (non-hydrogen) atoms. The van der Waals surface area contributed by atoms with Gasteiger partial charge in [-0.05, 0) is 38.6 Å². The molecule has 0 aromatic rings. The Labute approximate surface area is 127 Å². The largest absolute Gasteiger partial charge is 0.481 e. The summed E-state index contributed by atoms with van der Waals surface area (Å²) < 4.78 is 0. The molecule has 1 N–H and O–H groups in total. The number of carbonyl (C=O) groups excluding carboxylic acids is 1. The van der Waals surface area contributed by atoms with E-state index in [1.807, 2.05) is 4.90 Å². The van der Waals surface area contributed by atoms with Crippen LogP contribution in [-0.4, -0.2) is 59.0 Å². The molecule has 2 aliphatic heterocycles. The number of aliphatic carboxylic acids is 1. The van der Waals surface area contributed by atoms with Gasteiger partial charge in [0.25, 0.3) is 0 Å². The molecule has 0 saturated carbocycles. The number of nitrogens with zero attached hydrogens (tertiary/aromatic N) is 2. The summed E-state index contributed by atoms with van der Waals surface area (Å²) in [5.41, 5.74) is 0. The summed E-state index contributed by atoms with van der Waals surface area (Å²) >= 11 is 0. The molecule has 5 heteroatoms. The van der Waals surface area contributed by atoms with Crippen molar-refractivity contribution < 1.29 is 14.7 Å². The monoisotopic (exact) mass is 296 g/mol. The molecule has 2 fully saturated rings. The minimum Gasteiger partial charge on any atom is -0.481 e. The zero-order chi connectivity index (χ0) is 15.2. The molecule has 2 saturated heterocycles. The Kier molecular flexibility index (Phi) is 6.03. The van der Waals surface area contributed by atoms with Crippen LogP contribution in [0.2, 0.25) is 0 Å². The van der Waals surface area contributed by atoms with E-state index in [1.54, 1.807) is 0 Å². The number of carboxylic acid groups (broad SMARTS) is 1. The van der Waals surface area contributed by atoms with Gasteiger partial charge in [-0.1, -0.05) is 19.8 Å². The number of piperidine rings is 2. The van der Waals surface area contributed by atoms with Crippen molar-refractivity contribution in [3.05, 3.63) is 0 Å². The highest BCUT2D eigenvalue weighted by Gasteiger charge is 2.29. The number of hydrogen-bond acceptors (Lipinski definition) is 3.